The van der Waals surface area contributed by atoms with Crippen molar-refractivity contribution in [1.82, 2.24) is 0 Å². The van der Waals surface area contributed by atoms with Crippen LogP contribution >= 0.6 is 11.6 Å². The summed E-state index contributed by atoms with van der Waals surface area (Å²) < 4.78 is 5.01. The molecule has 17 heavy (non-hydrogen) atoms. The number of hydrazone groups is 1. The van der Waals surface area contributed by atoms with Crippen LogP contribution in [-0.4, -0.2) is 23.8 Å². The van der Waals surface area contributed by atoms with Crippen molar-refractivity contribution in [3.8, 4) is 0 Å². The highest BCUT2D eigenvalue weighted by Crippen LogP contribution is 2.26. The van der Waals surface area contributed by atoms with Crippen LogP contribution in [0.15, 0.2) is 35.4 Å². The van der Waals surface area contributed by atoms with Gasteiger partial charge in [0.1, 0.15) is 5.17 Å². The lowest BCUT2D eigenvalue weighted by Gasteiger charge is -2.21. The van der Waals surface area contributed by atoms with Crippen molar-refractivity contribution in [2.45, 2.75) is 19.4 Å². The second-order valence-corrected chi connectivity index (χ2v) is 4.06. The Labute approximate surface area is 105 Å². The molecule has 0 N–H and O–H groups in total. The van der Waals surface area contributed by atoms with Crippen molar-refractivity contribution in [3.05, 3.63) is 30.3 Å². The average molecular weight is 253 g/mol. The number of rotatable bonds is 3. The Morgan fingerprint density at radius 2 is 2.24 bits per heavy atom. The minimum absolute atomic E-state index is 0.296. The molecule has 0 aliphatic carbocycles. The van der Waals surface area contributed by atoms with Crippen LogP contribution in [0.1, 0.15) is 13.3 Å². The van der Waals surface area contributed by atoms with Crippen LogP contribution in [0.25, 0.3) is 0 Å². The minimum atomic E-state index is -0.454. The average Bonchev–Trinajstić information content (AvgIpc) is 2.73. The molecule has 0 fully saturated rings. The van der Waals surface area contributed by atoms with E-state index in [1.807, 2.05) is 30.3 Å². The van der Waals surface area contributed by atoms with Gasteiger partial charge >= 0.3 is 5.97 Å². The lowest BCUT2D eigenvalue weighted by Crippen LogP contribution is -2.35. The molecule has 90 valence electrons. The molecule has 0 amide bonds. The third-order valence-corrected chi connectivity index (χ3v) is 2.68. The van der Waals surface area contributed by atoms with Gasteiger partial charge in [-0.3, -0.25) is 0 Å². The van der Waals surface area contributed by atoms with Gasteiger partial charge in [-0.15, -0.1) is 0 Å². The molecule has 0 aromatic heterocycles. The zero-order valence-corrected chi connectivity index (χ0v) is 10.2. The summed E-state index contributed by atoms with van der Waals surface area (Å²) >= 11 is 5.90. The van der Waals surface area contributed by atoms with Crippen molar-refractivity contribution in [2.24, 2.45) is 5.10 Å². The third-order valence-electron chi connectivity index (χ3n) is 2.45. The van der Waals surface area contributed by atoms with Gasteiger partial charge in [0.15, 0.2) is 6.04 Å². The molecule has 0 saturated carbocycles. The highest BCUT2D eigenvalue weighted by atomic mass is 35.5. The largest absolute Gasteiger partial charge is 0.464 e. The Kier molecular flexibility index (Phi) is 3.64. The highest BCUT2D eigenvalue weighted by molar-refractivity contribution is 6.66. The Bertz CT molecular complexity index is 433. The van der Waals surface area contributed by atoms with E-state index in [2.05, 4.69) is 5.10 Å². The topological polar surface area (TPSA) is 41.9 Å². The van der Waals surface area contributed by atoms with E-state index in [4.69, 9.17) is 16.3 Å². The molecule has 1 aromatic carbocycles. The molecule has 2 rings (SSSR count). The number of anilines is 1. The lowest BCUT2D eigenvalue weighted by molar-refractivity contribution is -0.144. The second-order valence-electron chi connectivity index (χ2n) is 3.63. The van der Waals surface area contributed by atoms with Crippen LogP contribution in [0.2, 0.25) is 0 Å². The molecule has 0 radical (unpaired) electrons. The summed E-state index contributed by atoms with van der Waals surface area (Å²) in [6.07, 6.45) is 0.398. The molecule has 1 aliphatic heterocycles. The number of para-hydroxylation sites is 1. The maximum atomic E-state index is 11.8. The van der Waals surface area contributed by atoms with Gasteiger partial charge in [0.2, 0.25) is 0 Å². The van der Waals surface area contributed by atoms with Gasteiger partial charge in [0, 0.05) is 6.42 Å². The monoisotopic (exact) mass is 252 g/mol. The maximum Gasteiger partial charge on any atom is 0.331 e. The standard InChI is InChI=1S/C12H13ClN2O2/c1-2-17-12(16)10-8-11(13)14-15(10)9-6-4-3-5-7-9/h3-7,10H,2,8H2,1H3. The number of halogens is 1. The number of hydrogen-bond donors (Lipinski definition) is 0. The van der Waals surface area contributed by atoms with E-state index in [9.17, 15) is 4.79 Å². The fourth-order valence-electron chi connectivity index (χ4n) is 1.71. The molecule has 1 unspecified atom stereocenters. The SMILES string of the molecule is CCOC(=O)C1CC(Cl)=NN1c1ccccc1. The van der Waals surface area contributed by atoms with E-state index >= 15 is 0 Å². The number of esters is 1. The van der Waals surface area contributed by atoms with E-state index in [1.165, 1.54) is 0 Å². The molecule has 1 atom stereocenters. The second kappa shape index (κ2) is 5.19. The third kappa shape index (κ3) is 2.58. The molecule has 1 heterocycles. The summed E-state index contributed by atoms with van der Waals surface area (Å²) in [6, 6.07) is 8.99. The van der Waals surface area contributed by atoms with Crippen LogP contribution in [-0.2, 0) is 9.53 Å². The molecular formula is C12H13ClN2O2. The van der Waals surface area contributed by atoms with Crippen LogP contribution < -0.4 is 5.01 Å². The van der Waals surface area contributed by atoms with Crippen LogP contribution in [0, 0.1) is 0 Å². The fraction of sp³-hybridized carbons (Fsp3) is 0.333. The quantitative estimate of drug-likeness (QED) is 0.776. The van der Waals surface area contributed by atoms with E-state index in [1.54, 1.807) is 11.9 Å². The highest BCUT2D eigenvalue weighted by Gasteiger charge is 2.33. The Morgan fingerprint density at radius 1 is 1.53 bits per heavy atom. The van der Waals surface area contributed by atoms with Crippen LogP contribution in [0.4, 0.5) is 5.69 Å². The normalized spacial score (nSPS) is 19.1. The Balaban J connectivity index is 2.21. The van der Waals surface area contributed by atoms with Gasteiger partial charge in [-0.1, -0.05) is 29.8 Å². The summed E-state index contributed by atoms with van der Waals surface area (Å²) in [6.45, 7) is 2.14. The van der Waals surface area contributed by atoms with E-state index in [0.29, 0.717) is 18.2 Å². The molecule has 0 saturated heterocycles. The fourth-order valence-corrected chi connectivity index (χ4v) is 1.94. The molecule has 0 spiro atoms. The molecule has 5 heteroatoms. The van der Waals surface area contributed by atoms with Crippen molar-refractivity contribution >= 4 is 28.4 Å². The Morgan fingerprint density at radius 3 is 2.88 bits per heavy atom. The molecule has 0 bridgehead atoms. The summed E-state index contributed by atoms with van der Waals surface area (Å²) in [5.74, 6) is -0.296. The number of carbonyl (C=O) groups is 1. The van der Waals surface area contributed by atoms with Crippen LogP contribution in [0.5, 0.6) is 0 Å². The summed E-state index contributed by atoms with van der Waals surface area (Å²) in [4.78, 5) is 11.8. The first-order valence-electron chi connectivity index (χ1n) is 5.46. The van der Waals surface area contributed by atoms with Crippen molar-refractivity contribution in [1.29, 1.82) is 0 Å². The number of carbonyl (C=O) groups excluding carboxylic acids is 1. The number of hydrogen-bond acceptors (Lipinski definition) is 4. The molecule has 1 aromatic rings. The zero-order valence-electron chi connectivity index (χ0n) is 9.47. The van der Waals surface area contributed by atoms with Gasteiger partial charge in [-0.25, -0.2) is 9.80 Å². The predicted molar refractivity (Wildman–Crippen MR) is 67.2 cm³/mol. The first-order chi connectivity index (χ1) is 8.22. The van der Waals surface area contributed by atoms with Crippen molar-refractivity contribution in [2.75, 3.05) is 11.6 Å². The molecule has 1 aliphatic rings. The van der Waals surface area contributed by atoms with Gasteiger partial charge in [0.05, 0.1) is 12.3 Å². The lowest BCUT2D eigenvalue weighted by atomic mass is 10.2. The molecular weight excluding hydrogens is 240 g/mol. The van der Waals surface area contributed by atoms with E-state index in [-0.39, 0.29) is 5.97 Å². The zero-order chi connectivity index (χ0) is 12.3. The summed E-state index contributed by atoms with van der Waals surface area (Å²) in [5.41, 5.74) is 0.834. The first kappa shape index (κ1) is 11.9. The van der Waals surface area contributed by atoms with E-state index in [0.717, 1.165) is 5.69 Å². The van der Waals surface area contributed by atoms with E-state index < -0.39 is 6.04 Å². The molecule has 4 nitrogen and oxygen atoms in total. The maximum absolute atomic E-state index is 11.8. The van der Waals surface area contributed by atoms with Crippen LogP contribution in [0.3, 0.4) is 0 Å². The van der Waals surface area contributed by atoms with Gasteiger partial charge in [0.25, 0.3) is 0 Å². The van der Waals surface area contributed by atoms with Crippen molar-refractivity contribution < 1.29 is 9.53 Å². The number of benzene rings is 1. The first-order valence-corrected chi connectivity index (χ1v) is 5.84. The summed E-state index contributed by atoms with van der Waals surface area (Å²) in [5, 5.41) is 6.19. The Hall–Kier alpha value is -1.55. The summed E-state index contributed by atoms with van der Waals surface area (Å²) in [7, 11) is 0. The van der Waals surface area contributed by atoms with Gasteiger partial charge in [-0.05, 0) is 19.1 Å². The van der Waals surface area contributed by atoms with Crippen molar-refractivity contribution in [3.63, 3.8) is 0 Å². The minimum Gasteiger partial charge on any atom is -0.464 e. The predicted octanol–water partition coefficient (Wildman–Crippen LogP) is 2.38. The van der Waals surface area contributed by atoms with Gasteiger partial charge in [-0.2, -0.15) is 5.10 Å². The smallest absolute Gasteiger partial charge is 0.331 e. The number of ether oxygens (including phenoxy) is 1. The van der Waals surface area contributed by atoms with Gasteiger partial charge < -0.3 is 4.74 Å². The number of nitrogens with zero attached hydrogens (tertiary/aromatic N) is 2.